The largest absolute Gasteiger partial charge is 0.385 e. The van der Waals surface area contributed by atoms with Gasteiger partial charge in [0.25, 0.3) is 0 Å². The first kappa shape index (κ1) is 12.1. The normalized spacial score (nSPS) is 16.7. The molecule has 1 aromatic carbocycles. The van der Waals surface area contributed by atoms with Crippen molar-refractivity contribution in [1.82, 2.24) is 4.98 Å². The molecule has 1 aromatic heterocycles. The van der Waals surface area contributed by atoms with E-state index in [2.05, 4.69) is 18.8 Å². The lowest BCUT2D eigenvalue weighted by atomic mass is 9.81. The maximum absolute atomic E-state index is 10.7. The van der Waals surface area contributed by atoms with E-state index < -0.39 is 5.60 Å². The minimum atomic E-state index is -0.831. The van der Waals surface area contributed by atoms with Gasteiger partial charge in [-0.3, -0.25) is 4.98 Å². The van der Waals surface area contributed by atoms with E-state index >= 15 is 0 Å². The quantitative estimate of drug-likeness (QED) is 0.874. The molecule has 0 amide bonds. The summed E-state index contributed by atoms with van der Waals surface area (Å²) in [5.41, 5.74) is 0.994. The van der Waals surface area contributed by atoms with Crippen LogP contribution in [0.1, 0.15) is 32.8 Å². The molecule has 0 spiro atoms. The topological polar surface area (TPSA) is 33.1 Å². The van der Waals surface area contributed by atoms with Crippen LogP contribution in [0.4, 0.5) is 0 Å². The Morgan fingerprint density at radius 2 is 2.00 bits per heavy atom. The molecular formula is C15H19NO. The van der Waals surface area contributed by atoms with Crippen molar-refractivity contribution in [3.8, 4) is 0 Å². The van der Waals surface area contributed by atoms with Crippen molar-refractivity contribution < 1.29 is 5.11 Å². The van der Waals surface area contributed by atoms with Gasteiger partial charge in [0.05, 0.1) is 11.1 Å². The lowest BCUT2D eigenvalue weighted by molar-refractivity contribution is 0.00126. The lowest BCUT2D eigenvalue weighted by Crippen LogP contribution is -2.29. The number of hydrogen-bond acceptors (Lipinski definition) is 2. The third-order valence-electron chi connectivity index (χ3n) is 3.75. The molecule has 0 saturated heterocycles. The Balaban J connectivity index is 2.63. The Kier molecular flexibility index (Phi) is 3.16. The number of para-hydroxylation sites is 1. The van der Waals surface area contributed by atoms with Crippen molar-refractivity contribution in [3.63, 3.8) is 0 Å². The predicted octanol–water partition coefficient (Wildman–Crippen LogP) is 3.49. The molecule has 2 aromatic rings. The van der Waals surface area contributed by atoms with E-state index in [0.717, 1.165) is 22.9 Å². The number of rotatable bonds is 3. The van der Waals surface area contributed by atoms with Gasteiger partial charge in [0.15, 0.2) is 0 Å². The zero-order valence-electron chi connectivity index (χ0n) is 10.6. The molecule has 1 N–H and O–H groups in total. The first-order chi connectivity index (χ1) is 8.07. The zero-order valence-corrected chi connectivity index (χ0v) is 10.6. The second-order valence-corrected chi connectivity index (χ2v) is 4.84. The summed E-state index contributed by atoms with van der Waals surface area (Å²) in [7, 11) is 0. The summed E-state index contributed by atoms with van der Waals surface area (Å²) in [6, 6.07) is 9.93. The summed E-state index contributed by atoms with van der Waals surface area (Å²) in [6.07, 6.45) is 2.72. The van der Waals surface area contributed by atoms with Gasteiger partial charge < -0.3 is 5.11 Å². The number of aliphatic hydroxyl groups is 1. The van der Waals surface area contributed by atoms with E-state index in [9.17, 15) is 5.11 Å². The van der Waals surface area contributed by atoms with E-state index in [-0.39, 0.29) is 5.92 Å². The molecule has 2 unspecified atom stereocenters. The number of fused-ring (bicyclic) bond motifs is 1. The molecule has 90 valence electrons. The average Bonchev–Trinajstić information content (AvgIpc) is 2.37. The van der Waals surface area contributed by atoms with Crippen molar-refractivity contribution in [3.05, 3.63) is 42.1 Å². The number of aromatic nitrogens is 1. The minimum Gasteiger partial charge on any atom is -0.385 e. The van der Waals surface area contributed by atoms with E-state index in [1.54, 1.807) is 6.20 Å². The summed E-state index contributed by atoms with van der Waals surface area (Å²) < 4.78 is 0. The summed E-state index contributed by atoms with van der Waals surface area (Å²) >= 11 is 0. The average molecular weight is 229 g/mol. The molecule has 2 atom stereocenters. The monoisotopic (exact) mass is 229 g/mol. The highest BCUT2D eigenvalue weighted by Crippen LogP contribution is 2.34. The SMILES string of the molecule is CCC(C)C(C)(O)c1cccc2cccnc12. The minimum absolute atomic E-state index is 0.204. The van der Waals surface area contributed by atoms with Crippen LogP contribution in [0.2, 0.25) is 0 Å². The Hall–Kier alpha value is -1.41. The van der Waals surface area contributed by atoms with Crippen molar-refractivity contribution in [2.75, 3.05) is 0 Å². The molecule has 17 heavy (non-hydrogen) atoms. The smallest absolute Gasteiger partial charge is 0.0914 e. The summed E-state index contributed by atoms with van der Waals surface area (Å²) in [4.78, 5) is 4.40. The van der Waals surface area contributed by atoms with E-state index in [4.69, 9.17) is 0 Å². The van der Waals surface area contributed by atoms with Gasteiger partial charge in [0.2, 0.25) is 0 Å². The van der Waals surface area contributed by atoms with Crippen LogP contribution >= 0.6 is 0 Å². The highest BCUT2D eigenvalue weighted by Gasteiger charge is 2.31. The van der Waals surface area contributed by atoms with Gasteiger partial charge in [-0.15, -0.1) is 0 Å². The summed E-state index contributed by atoms with van der Waals surface area (Å²) in [5.74, 6) is 0.204. The number of pyridine rings is 1. The standard InChI is InChI=1S/C15H19NO/c1-4-11(2)15(3,17)13-9-5-7-12-8-6-10-16-14(12)13/h5-11,17H,4H2,1-3H3. The molecule has 0 aliphatic carbocycles. The molecule has 0 saturated carbocycles. The van der Waals surface area contributed by atoms with Crippen LogP contribution in [0.15, 0.2) is 36.5 Å². The molecule has 2 nitrogen and oxygen atoms in total. The van der Waals surface area contributed by atoms with Crippen molar-refractivity contribution in [2.24, 2.45) is 5.92 Å². The van der Waals surface area contributed by atoms with E-state index in [1.807, 2.05) is 37.3 Å². The molecule has 0 aliphatic rings. The van der Waals surface area contributed by atoms with E-state index in [0.29, 0.717) is 0 Å². The fraction of sp³-hybridized carbons (Fsp3) is 0.400. The molecule has 1 heterocycles. The van der Waals surface area contributed by atoms with Gasteiger partial charge in [-0.25, -0.2) is 0 Å². The highest BCUT2D eigenvalue weighted by molar-refractivity contribution is 5.82. The van der Waals surface area contributed by atoms with Crippen molar-refractivity contribution in [2.45, 2.75) is 32.8 Å². The van der Waals surface area contributed by atoms with Crippen molar-refractivity contribution in [1.29, 1.82) is 0 Å². The van der Waals surface area contributed by atoms with Gasteiger partial charge in [-0.05, 0) is 18.9 Å². The Bertz CT molecular complexity index is 514. The summed E-state index contributed by atoms with van der Waals surface area (Å²) in [6.45, 7) is 6.05. The molecule has 0 bridgehead atoms. The van der Waals surface area contributed by atoms with Crippen LogP contribution in [-0.2, 0) is 5.60 Å². The first-order valence-electron chi connectivity index (χ1n) is 6.14. The fourth-order valence-electron chi connectivity index (χ4n) is 2.18. The lowest BCUT2D eigenvalue weighted by Gasteiger charge is -2.30. The summed E-state index contributed by atoms with van der Waals surface area (Å²) in [5, 5.41) is 11.8. The number of benzene rings is 1. The molecule has 2 rings (SSSR count). The maximum Gasteiger partial charge on any atom is 0.0914 e. The number of hydrogen-bond donors (Lipinski definition) is 1. The highest BCUT2D eigenvalue weighted by atomic mass is 16.3. The van der Waals surface area contributed by atoms with Crippen LogP contribution in [0.5, 0.6) is 0 Å². The van der Waals surface area contributed by atoms with Crippen LogP contribution in [0.3, 0.4) is 0 Å². The predicted molar refractivity (Wildman–Crippen MR) is 70.8 cm³/mol. The van der Waals surface area contributed by atoms with Gasteiger partial charge in [-0.1, -0.05) is 44.5 Å². The van der Waals surface area contributed by atoms with Crippen LogP contribution in [-0.4, -0.2) is 10.1 Å². The third-order valence-corrected chi connectivity index (χ3v) is 3.75. The van der Waals surface area contributed by atoms with Gasteiger partial charge in [0.1, 0.15) is 0 Å². The molecule has 0 radical (unpaired) electrons. The van der Waals surface area contributed by atoms with Crippen LogP contribution < -0.4 is 0 Å². The zero-order chi connectivity index (χ0) is 12.5. The van der Waals surface area contributed by atoms with E-state index in [1.165, 1.54) is 0 Å². The second kappa shape index (κ2) is 4.46. The molecule has 2 heteroatoms. The van der Waals surface area contributed by atoms with Gasteiger partial charge in [-0.2, -0.15) is 0 Å². The van der Waals surface area contributed by atoms with Gasteiger partial charge >= 0.3 is 0 Å². The van der Waals surface area contributed by atoms with Crippen molar-refractivity contribution >= 4 is 10.9 Å². The Morgan fingerprint density at radius 1 is 1.29 bits per heavy atom. The molecule has 0 aliphatic heterocycles. The second-order valence-electron chi connectivity index (χ2n) is 4.84. The Morgan fingerprint density at radius 3 is 2.71 bits per heavy atom. The Labute approximate surface area is 102 Å². The maximum atomic E-state index is 10.7. The van der Waals surface area contributed by atoms with Crippen LogP contribution in [0, 0.1) is 5.92 Å². The first-order valence-corrected chi connectivity index (χ1v) is 6.14. The third kappa shape index (κ3) is 2.05. The van der Waals surface area contributed by atoms with Gasteiger partial charge in [0, 0.05) is 17.1 Å². The molecule has 0 fully saturated rings. The number of nitrogens with zero attached hydrogens (tertiary/aromatic N) is 1. The fourth-order valence-corrected chi connectivity index (χ4v) is 2.18. The van der Waals surface area contributed by atoms with Crippen LogP contribution in [0.25, 0.3) is 10.9 Å². The molecular weight excluding hydrogens is 210 g/mol.